The van der Waals surface area contributed by atoms with Gasteiger partial charge in [0.1, 0.15) is 24.1 Å². The average Bonchev–Trinajstić information content (AvgIpc) is 3.53. The van der Waals surface area contributed by atoms with Crippen molar-refractivity contribution >= 4 is 17.5 Å². The minimum atomic E-state index is -0.424. The van der Waals surface area contributed by atoms with E-state index >= 15 is 0 Å². The molecule has 1 unspecified atom stereocenters. The van der Waals surface area contributed by atoms with E-state index in [0.29, 0.717) is 49.1 Å². The zero-order valence-corrected chi connectivity index (χ0v) is 32.7. The molecule has 4 aromatic rings. The number of nitrogens with zero attached hydrogens (tertiary/aromatic N) is 4. The number of piperidine rings is 1. The van der Waals surface area contributed by atoms with Gasteiger partial charge in [-0.15, -0.1) is 0 Å². The lowest BCUT2D eigenvalue weighted by molar-refractivity contribution is -0.126. The summed E-state index contributed by atoms with van der Waals surface area (Å²) in [6.45, 7) is 12.5. The largest absolute Gasteiger partial charge is 0.508 e. The van der Waals surface area contributed by atoms with Crippen LogP contribution in [0.2, 0.25) is 0 Å². The Bertz CT molecular complexity index is 2170. The van der Waals surface area contributed by atoms with E-state index in [1.807, 2.05) is 18.2 Å². The van der Waals surface area contributed by atoms with E-state index < -0.39 is 6.04 Å². The number of fused-ring (bicyclic) bond motifs is 2. The van der Waals surface area contributed by atoms with Gasteiger partial charge in [-0.2, -0.15) is 0 Å². The molecule has 10 rings (SSSR count). The number of anilines is 1. The van der Waals surface area contributed by atoms with Crippen LogP contribution < -0.4 is 15.0 Å². The lowest BCUT2D eigenvalue weighted by Crippen LogP contribution is -2.68. The maximum absolute atomic E-state index is 13.2. The highest BCUT2D eigenvalue weighted by Crippen LogP contribution is 2.51. The fourth-order valence-corrected chi connectivity index (χ4v) is 11.0. The van der Waals surface area contributed by atoms with Crippen molar-refractivity contribution in [2.24, 2.45) is 5.41 Å². The van der Waals surface area contributed by atoms with Gasteiger partial charge < -0.3 is 25.0 Å². The second kappa shape index (κ2) is 14.7. The fraction of sp³-hybridized carbons (Fsp3) is 0.417. The zero-order chi connectivity index (χ0) is 38.7. The molecule has 4 fully saturated rings. The number of amides is 2. The molecule has 2 aliphatic carbocycles. The lowest BCUT2D eigenvalue weighted by atomic mass is 9.60. The van der Waals surface area contributed by atoms with Gasteiger partial charge in [-0.1, -0.05) is 55.1 Å². The maximum atomic E-state index is 13.2. The van der Waals surface area contributed by atoms with Crippen LogP contribution >= 0.6 is 0 Å². The number of carbonyl (C=O) groups is 2. The Kier molecular flexibility index (Phi) is 9.33. The topological polar surface area (TPSA) is 88.6 Å². The molecule has 4 heterocycles. The number of aryl methyl sites for hydroxylation is 1. The summed E-state index contributed by atoms with van der Waals surface area (Å²) in [5.41, 5.74) is 9.37. The molecular formula is C48H53N5O4. The Labute approximate surface area is 335 Å². The molecular weight excluding hydrogens is 711 g/mol. The van der Waals surface area contributed by atoms with Gasteiger partial charge in [-0.3, -0.25) is 19.4 Å². The molecule has 4 aliphatic heterocycles. The summed E-state index contributed by atoms with van der Waals surface area (Å²) in [5.74, 6) is 1.74. The normalized spacial score (nSPS) is 24.8. The molecule has 2 amide bonds. The Morgan fingerprint density at radius 1 is 0.825 bits per heavy atom. The monoisotopic (exact) mass is 763 g/mol. The molecule has 0 aromatic heterocycles. The van der Waals surface area contributed by atoms with Gasteiger partial charge in [-0.05, 0) is 120 Å². The molecule has 9 heteroatoms. The van der Waals surface area contributed by atoms with E-state index in [0.717, 1.165) is 68.1 Å². The number of ether oxygens (including phenoxy) is 1. The van der Waals surface area contributed by atoms with Crippen molar-refractivity contribution in [2.75, 3.05) is 57.3 Å². The third kappa shape index (κ3) is 6.88. The first-order valence-electron chi connectivity index (χ1n) is 21.0. The molecule has 294 valence electrons. The van der Waals surface area contributed by atoms with Crippen LogP contribution in [0.3, 0.4) is 0 Å². The minimum absolute atomic E-state index is 0.0387. The summed E-state index contributed by atoms with van der Waals surface area (Å²) in [7, 11) is 0. The molecule has 3 saturated heterocycles. The summed E-state index contributed by atoms with van der Waals surface area (Å²) < 4.78 is 6.28. The van der Waals surface area contributed by atoms with E-state index in [-0.39, 0.29) is 17.7 Å². The number of hydrogen-bond donors (Lipinski definition) is 2. The van der Waals surface area contributed by atoms with Crippen LogP contribution in [0.25, 0.3) is 0 Å². The summed E-state index contributed by atoms with van der Waals surface area (Å²) in [6, 6.07) is 32.0. The van der Waals surface area contributed by atoms with Gasteiger partial charge in [0.15, 0.2) is 0 Å². The van der Waals surface area contributed by atoms with E-state index in [2.05, 4.69) is 99.4 Å². The minimum Gasteiger partial charge on any atom is -0.508 e. The van der Waals surface area contributed by atoms with Crippen molar-refractivity contribution in [3.8, 4) is 11.5 Å². The first-order chi connectivity index (χ1) is 27.8. The third-order valence-electron chi connectivity index (χ3n) is 14.0. The van der Waals surface area contributed by atoms with Crippen LogP contribution in [-0.2, 0) is 17.8 Å². The summed E-state index contributed by atoms with van der Waals surface area (Å²) >= 11 is 0. The SMILES string of the molecule is C=C1CCC(N2Cc3cc(N4CCN(C5CC6(C5)CN(CCOc5ccc([C@H]7c8ccc(O)cc8CC[C@H]7c7ccccc7)cc5)C6)CC4)ccc3C2=O)C(=O)N1. The number of likely N-dealkylation sites (tertiary alicyclic amines) is 1. The number of aromatic hydroxyl groups is 1. The highest BCUT2D eigenvalue weighted by Gasteiger charge is 2.53. The molecule has 2 N–H and O–H groups in total. The number of phenols is 1. The number of phenolic OH excluding ortho intramolecular Hbond substituents is 1. The molecule has 4 aromatic carbocycles. The van der Waals surface area contributed by atoms with Crippen LogP contribution in [0.5, 0.6) is 11.5 Å². The van der Waals surface area contributed by atoms with Gasteiger partial charge in [0.05, 0.1) is 0 Å². The van der Waals surface area contributed by atoms with Crippen molar-refractivity contribution < 1.29 is 19.4 Å². The average molecular weight is 764 g/mol. The molecule has 3 atom stereocenters. The fourth-order valence-electron chi connectivity index (χ4n) is 11.0. The number of piperazine rings is 1. The predicted octanol–water partition coefficient (Wildman–Crippen LogP) is 6.67. The van der Waals surface area contributed by atoms with Crippen molar-refractivity contribution in [1.29, 1.82) is 0 Å². The van der Waals surface area contributed by atoms with E-state index in [9.17, 15) is 14.7 Å². The standard InChI is InChI=1S/C48H53N5O4/c1-32-7-18-44(46(55)49-32)53-29-36-25-37(11-16-43(36)47(53)56)51-19-21-52(22-20-51)38-27-48(28-38)30-50(31-48)23-24-57-40-13-8-34(9-14-40)45-41(33-5-3-2-4-6-33)15-10-35-26-39(54)12-17-42(35)45/h2-6,8-9,11-14,16-17,25-26,38,41,44-45,54H,1,7,10,15,18-24,27-31H2,(H,49,55)/t41-,44?,45+/m0/s1. The maximum Gasteiger partial charge on any atom is 0.255 e. The number of carbonyl (C=O) groups excluding carboxylic acids is 2. The molecule has 0 bridgehead atoms. The number of benzene rings is 4. The second-order valence-corrected chi connectivity index (χ2v) is 17.6. The second-order valence-electron chi connectivity index (χ2n) is 17.6. The number of nitrogens with one attached hydrogen (secondary N) is 1. The van der Waals surface area contributed by atoms with Gasteiger partial charge in [-0.25, -0.2) is 0 Å². The molecule has 0 radical (unpaired) electrons. The van der Waals surface area contributed by atoms with Crippen molar-refractivity contribution in [2.45, 2.75) is 69.0 Å². The predicted molar refractivity (Wildman–Crippen MR) is 222 cm³/mol. The Morgan fingerprint density at radius 2 is 1.61 bits per heavy atom. The zero-order valence-electron chi connectivity index (χ0n) is 32.7. The molecule has 57 heavy (non-hydrogen) atoms. The number of hydrogen-bond acceptors (Lipinski definition) is 7. The lowest BCUT2D eigenvalue weighted by Gasteiger charge is -2.62. The summed E-state index contributed by atoms with van der Waals surface area (Å²) in [6.07, 6.45) is 5.95. The molecule has 1 spiro atoms. The highest BCUT2D eigenvalue weighted by molar-refractivity contribution is 6.01. The summed E-state index contributed by atoms with van der Waals surface area (Å²) in [4.78, 5) is 35.3. The van der Waals surface area contributed by atoms with Crippen LogP contribution in [0.15, 0.2) is 103 Å². The van der Waals surface area contributed by atoms with Gasteiger partial charge >= 0.3 is 0 Å². The van der Waals surface area contributed by atoms with E-state index in [1.165, 1.54) is 53.9 Å². The van der Waals surface area contributed by atoms with Gasteiger partial charge in [0, 0.05) is 81.3 Å². The molecule has 9 nitrogen and oxygen atoms in total. The quantitative estimate of drug-likeness (QED) is 0.197. The van der Waals surface area contributed by atoms with Crippen molar-refractivity contribution in [3.05, 3.63) is 137 Å². The van der Waals surface area contributed by atoms with Crippen molar-refractivity contribution in [3.63, 3.8) is 0 Å². The van der Waals surface area contributed by atoms with Gasteiger partial charge in [0.25, 0.3) is 5.91 Å². The van der Waals surface area contributed by atoms with Gasteiger partial charge in [0.2, 0.25) is 5.91 Å². The Morgan fingerprint density at radius 3 is 2.39 bits per heavy atom. The number of allylic oxidation sites excluding steroid dienone is 1. The summed E-state index contributed by atoms with van der Waals surface area (Å²) in [5, 5.41) is 13.0. The smallest absolute Gasteiger partial charge is 0.255 e. The van der Waals surface area contributed by atoms with Crippen LogP contribution in [0, 0.1) is 5.41 Å². The third-order valence-corrected chi connectivity index (χ3v) is 14.0. The molecule has 1 saturated carbocycles. The van der Waals surface area contributed by atoms with Crippen LogP contribution in [0.1, 0.15) is 82.1 Å². The molecule has 6 aliphatic rings. The first kappa shape index (κ1) is 36.2. The van der Waals surface area contributed by atoms with Crippen molar-refractivity contribution in [1.82, 2.24) is 20.0 Å². The van der Waals surface area contributed by atoms with Crippen LogP contribution in [-0.4, -0.2) is 96.1 Å². The highest BCUT2D eigenvalue weighted by atomic mass is 16.5. The Hall–Kier alpha value is -5.12. The van der Waals surface area contributed by atoms with Crippen LogP contribution in [0.4, 0.5) is 5.69 Å². The van der Waals surface area contributed by atoms with E-state index in [1.54, 1.807) is 4.90 Å². The Balaban J connectivity index is 0.672. The first-order valence-corrected chi connectivity index (χ1v) is 21.0. The number of rotatable bonds is 9. The van der Waals surface area contributed by atoms with E-state index in [4.69, 9.17) is 4.74 Å².